The third kappa shape index (κ3) is 3.24. The molecule has 2 fully saturated rings. The molecule has 0 radical (unpaired) electrons. The van der Waals surface area contributed by atoms with Gasteiger partial charge in [-0.2, -0.15) is 0 Å². The highest BCUT2D eigenvalue weighted by Crippen LogP contribution is 2.35. The van der Waals surface area contributed by atoms with E-state index in [2.05, 4.69) is 5.32 Å². The molecule has 1 saturated heterocycles. The van der Waals surface area contributed by atoms with Crippen LogP contribution in [0.3, 0.4) is 0 Å². The molecule has 2 N–H and O–H groups in total. The van der Waals surface area contributed by atoms with Crippen LogP contribution in [0.4, 0.5) is 9.18 Å². The normalized spacial score (nSPS) is 28.1. The molecule has 3 atom stereocenters. The Labute approximate surface area is 130 Å². The van der Waals surface area contributed by atoms with Crippen molar-refractivity contribution in [3.05, 3.63) is 35.6 Å². The van der Waals surface area contributed by atoms with Gasteiger partial charge in [-0.25, -0.2) is 9.18 Å². The van der Waals surface area contributed by atoms with Crippen LogP contribution in [-0.4, -0.2) is 41.8 Å². The van der Waals surface area contributed by atoms with Crippen molar-refractivity contribution in [2.45, 2.75) is 37.6 Å². The van der Waals surface area contributed by atoms with E-state index in [1.54, 1.807) is 4.90 Å². The molecular formula is C17H23FN2O2. The van der Waals surface area contributed by atoms with E-state index in [0.29, 0.717) is 13.1 Å². The summed E-state index contributed by atoms with van der Waals surface area (Å²) in [5.74, 6) is 0.248. The van der Waals surface area contributed by atoms with Gasteiger partial charge >= 0.3 is 6.03 Å². The van der Waals surface area contributed by atoms with Gasteiger partial charge in [0.15, 0.2) is 0 Å². The predicted octanol–water partition coefficient (Wildman–Crippen LogP) is 2.49. The summed E-state index contributed by atoms with van der Waals surface area (Å²) in [7, 11) is 0. The number of aliphatic hydroxyl groups is 1. The van der Waals surface area contributed by atoms with E-state index in [1.807, 2.05) is 12.1 Å². The minimum Gasteiger partial charge on any atom is -0.396 e. The van der Waals surface area contributed by atoms with E-state index < -0.39 is 0 Å². The van der Waals surface area contributed by atoms with E-state index in [-0.39, 0.29) is 36.3 Å². The first-order valence-corrected chi connectivity index (χ1v) is 8.09. The maximum atomic E-state index is 13.1. The molecule has 1 aromatic carbocycles. The highest BCUT2D eigenvalue weighted by Gasteiger charge is 2.32. The molecule has 0 spiro atoms. The second kappa shape index (κ2) is 6.65. The Morgan fingerprint density at radius 3 is 2.73 bits per heavy atom. The molecule has 22 heavy (non-hydrogen) atoms. The summed E-state index contributed by atoms with van der Waals surface area (Å²) in [5, 5.41) is 12.3. The van der Waals surface area contributed by atoms with Gasteiger partial charge in [-0.05, 0) is 37.0 Å². The van der Waals surface area contributed by atoms with Gasteiger partial charge in [0.1, 0.15) is 5.82 Å². The Hall–Kier alpha value is -1.62. The predicted molar refractivity (Wildman–Crippen MR) is 82.1 cm³/mol. The molecule has 3 rings (SSSR count). The average Bonchev–Trinajstić information content (AvgIpc) is 3.17. The number of rotatable bonds is 3. The number of likely N-dealkylation sites (tertiary alicyclic amines) is 1. The average molecular weight is 306 g/mol. The number of carbonyl (C=O) groups excluding carboxylic acids is 1. The van der Waals surface area contributed by atoms with Crippen LogP contribution in [0.2, 0.25) is 0 Å². The molecule has 3 unspecified atom stereocenters. The topological polar surface area (TPSA) is 52.6 Å². The van der Waals surface area contributed by atoms with Gasteiger partial charge in [0.2, 0.25) is 0 Å². The van der Waals surface area contributed by atoms with Crippen molar-refractivity contribution < 1.29 is 14.3 Å². The summed E-state index contributed by atoms with van der Waals surface area (Å²) in [6, 6.07) is 6.70. The van der Waals surface area contributed by atoms with Crippen molar-refractivity contribution >= 4 is 6.03 Å². The minimum absolute atomic E-state index is 0.0324. The zero-order valence-corrected chi connectivity index (χ0v) is 12.7. The molecule has 4 nitrogen and oxygen atoms in total. The first-order valence-electron chi connectivity index (χ1n) is 8.09. The number of benzene rings is 1. The number of carbonyl (C=O) groups is 1. The molecule has 1 saturated carbocycles. The molecule has 120 valence electrons. The summed E-state index contributed by atoms with van der Waals surface area (Å²) in [6.45, 7) is 1.49. The summed E-state index contributed by atoms with van der Waals surface area (Å²) >= 11 is 0. The zero-order valence-electron chi connectivity index (χ0n) is 12.7. The van der Waals surface area contributed by atoms with Gasteiger partial charge in [-0.3, -0.25) is 0 Å². The maximum absolute atomic E-state index is 13.1. The molecule has 0 bridgehead atoms. The monoisotopic (exact) mass is 306 g/mol. The lowest BCUT2D eigenvalue weighted by Crippen LogP contribution is -2.44. The number of aliphatic hydroxyl groups excluding tert-OH is 1. The van der Waals surface area contributed by atoms with Crippen LogP contribution in [0.15, 0.2) is 24.3 Å². The summed E-state index contributed by atoms with van der Waals surface area (Å²) in [4.78, 5) is 14.2. The number of nitrogens with one attached hydrogen (secondary N) is 1. The lowest BCUT2D eigenvalue weighted by molar-refractivity contribution is 0.194. The standard InChI is InChI=1S/C17H23FN2O2/c18-14-6-4-13(5-7-14)15-2-1-3-16(15)19-17(22)20-9-8-12(10-20)11-21/h4-7,12,15-16,21H,1-3,8-11H2,(H,19,22). The van der Waals surface area contributed by atoms with Crippen LogP contribution in [0.1, 0.15) is 37.2 Å². The van der Waals surface area contributed by atoms with Crippen molar-refractivity contribution in [3.8, 4) is 0 Å². The summed E-state index contributed by atoms with van der Waals surface area (Å²) in [5.41, 5.74) is 1.10. The highest BCUT2D eigenvalue weighted by molar-refractivity contribution is 5.75. The number of urea groups is 1. The van der Waals surface area contributed by atoms with E-state index in [0.717, 1.165) is 31.2 Å². The Kier molecular flexibility index (Phi) is 4.62. The van der Waals surface area contributed by atoms with Gasteiger partial charge in [-0.15, -0.1) is 0 Å². The smallest absolute Gasteiger partial charge is 0.317 e. The summed E-state index contributed by atoms with van der Waals surface area (Å²) < 4.78 is 13.1. The third-order valence-corrected chi connectivity index (χ3v) is 4.95. The minimum atomic E-state index is -0.227. The van der Waals surface area contributed by atoms with Gasteiger partial charge in [0.05, 0.1) is 0 Å². The van der Waals surface area contributed by atoms with Crippen LogP contribution >= 0.6 is 0 Å². The molecule has 5 heteroatoms. The lowest BCUT2D eigenvalue weighted by atomic mass is 9.94. The fourth-order valence-electron chi connectivity index (χ4n) is 3.66. The fraction of sp³-hybridized carbons (Fsp3) is 0.588. The van der Waals surface area contributed by atoms with Crippen LogP contribution in [0.5, 0.6) is 0 Å². The molecule has 1 aromatic rings. The second-order valence-electron chi connectivity index (χ2n) is 6.43. The van der Waals surface area contributed by atoms with Gasteiger partial charge in [0, 0.05) is 37.6 Å². The second-order valence-corrected chi connectivity index (χ2v) is 6.43. The van der Waals surface area contributed by atoms with Crippen LogP contribution in [0.25, 0.3) is 0 Å². The van der Waals surface area contributed by atoms with Gasteiger partial charge in [-0.1, -0.05) is 18.6 Å². The Morgan fingerprint density at radius 1 is 1.27 bits per heavy atom. The first-order chi connectivity index (χ1) is 10.7. The molecule has 2 amide bonds. The van der Waals surface area contributed by atoms with E-state index in [1.165, 1.54) is 12.1 Å². The number of amides is 2. The third-order valence-electron chi connectivity index (χ3n) is 4.95. The fourth-order valence-corrected chi connectivity index (χ4v) is 3.66. The Bertz CT molecular complexity index is 520. The SMILES string of the molecule is O=C(NC1CCCC1c1ccc(F)cc1)N1CCC(CO)C1. The molecule has 0 aromatic heterocycles. The Morgan fingerprint density at radius 2 is 2.05 bits per heavy atom. The number of nitrogens with zero attached hydrogens (tertiary/aromatic N) is 1. The van der Waals surface area contributed by atoms with E-state index >= 15 is 0 Å². The van der Waals surface area contributed by atoms with Crippen molar-refractivity contribution in [2.24, 2.45) is 5.92 Å². The first kappa shape index (κ1) is 15.3. The van der Waals surface area contributed by atoms with Gasteiger partial charge < -0.3 is 15.3 Å². The van der Waals surface area contributed by atoms with E-state index in [9.17, 15) is 14.3 Å². The lowest BCUT2D eigenvalue weighted by Gasteiger charge is -2.25. The number of hydrogen-bond donors (Lipinski definition) is 2. The van der Waals surface area contributed by atoms with Crippen molar-refractivity contribution in [1.29, 1.82) is 0 Å². The maximum Gasteiger partial charge on any atom is 0.317 e. The number of hydrogen-bond acceptors (Lipinski definition) is 2. The largest absolute Gasteiger partial charge is 0.396 e. The van der Waals surface area contributed by atoms with Crippen LogP contribution < -0.4 is 5.32 Å². The van der Waals surface area contributed by atoms with E-state index in [4.69, 9.17) is 0 Å². The molecule has 1 heterocycles. The van der Waals surface area contributed by atoms with Crippen molar-refractivity contribution in [1.82, 2.24) is 10.2 Å². The molecular weight excluding hydrogens is 283 g/mol. The number of halogens is 1. The van der Waals surface area contributed by atoms with Crippen LogP contribution in [0, 0.1) is 11.7 Å². The quantitative estimate of drug-likeness (QED) is 0.901. The Balaban J connectivity index is 1.61. The zero-order chi connectivity index (χ0) is 15.5. The van der Waals surface area contributed by atoms with Crippen molar-refractivity contribution in [2.75, 3.05) is 19.7 Å². The summed E-state index contributed by atoms with van der Waals surface area (Å²) in [6.07, 6.45) is 3.93. The van der Waals surface area contributed by atoms with Crippen molar-refractivity contribution in [3.63, 3.8) is 0 Å². The van der Waals surface area contributed by atoms with Crippen LogP contribution in [-0.2, 0) is 0 Å². The molecule has 1 aliphatic heterocycles. The molecule has 1 aliphatic carbocycles. The van der Waals surface area contributed by atoms with Gasteiger partial charge in [0.25, 0.3) is 0 Å². The highest BCUT2D eigenvalue weighted by atomic mass is 19.1. The molecule has 2 aliphatic rings.